The minimum absolute atomic E-state index is 0.128. The third-order valence-electron chi connectivity index (χ3n) is 1.57. The van der Waals surface area contributed by atoms with E-state index >= 15 is 0 Å². The van der Waals surface area contributed by atoms with Crippen LogP contribution in [0.3, 0.4) is 0 Å². The van der Waals surface area contributed by atoms with Gasteiger partial charge in [-0.15, -0.1) is 11.8 Å². The number of amides is 1. The fourth-order valence-corrected chi connectivity index (χ4v) is 2.04. The molecule has 1 aliphatic heterocycles. The SMILES string of the molecule is CCNC(=O)C1CNCCS1. The molecule has 1 atom stereocenters. The second-order valence-corrected chi connectivity index (χ2v) is 3.77. The zero-order chi connectivity index (χ0) is 8.10. The molecule has 2 N–H and O–H groups in total. The molecule has 1 aliphatic rings. The van der Waals surface area contributed by atoms with Gasteiger partial charge in [-0.1, -0.05) is 0 Å². The number of hydrogen-bond donors (Lipinski definition) is 2. The van der Waals surface area contributed by atoms with Crippen molar-refractivity contribution in [1.29, 1.82) is 0 Å². The van der Waals surface area contributed by atoms with Gasteiger partial charge in [0.25, 0.3) is 0 Å². The van der Waals surface area contributed by atoms with Gasteiger partial charge in [-0.2, -0.15) is 0 Å². The van der Waals surface area contributed by atoms with Gasteiger partial charge in [-0.25, -0.2) is 0 Å². The van der Waals surface area contributed by atoms with Crippen molar-refractivity contribution in [2.75, 3.05) is 25.4 Å². The minimum Gasteiger partial charge on any atom is -0.355 e. The largest absolute Gasteiger partial charge is 0.355 e. The topological polar surface area (TPSA) is 41.1 Å². The maximum absolute atomic E-state index is 11.2. The molecule has 1 amide bonds. The van der Waals surface area contributed by atoms with Gasteiger partial charge in [0.15, 0.2) is 0 Å². The standard InChI is InChI=1S/C7H14N2OS/c1-2-9-7(10)6-5-8-3-4-11-6/h6,8H,2-5H2,1H3,(H,9,10). The molecule has 1 saturated heterocycles. The van der Waals surface area contributed by atoms with Gasteiger partial charge in [0.05, 0.1) is 5.25 Å². The van der Waals surface area contributed by atoms with Gasteiger partial charge in [0.2, 0.25) is 5.91 Å². The highest BCUT2D eigenvalue weighted by Crippen LogP contribution is 2.12. The van der Waals surface area contributed by atoms with E-state index in [1.807, 2.05) is 6.92 Å². The summed E-state index contributed by atoms with van der Waals surface area (Å²) in [6, 6.07) is 0. The Morgan fingerprint density at radius 2 is 2.64 bits per heavy atom. The molecule has 0 aromatic carbocycles. The highest BCUT2D eigenvalue weighted by atomic mass is 32.2. The summed E-state index contributed by atoms with van der Waals surface area (Å²) in [5.74, 6) is 1.21. The van der Waals surface area contributed by atoms with E-state index in [1.54, 1.807) is 11.8 Å². The first-order valence-corrected chi connectivity index (χ1v) is 4.99. The molecule has 0 saturated carbocycles. The zero-order valence-electron chi connectivity index (χ0n) is 6.72. The summed E-state index contributed by atoms with van der Waals surface area (Å²) in [6.07, 6.45) is 0. The van der Waals surface area contributed by atoms with Crippen LogP contribution >= 0.6 is 11.8 Å². The maximum Gasteiger partial charge on any atom is 0.234 e. The Morgan fingerprint density at radius 1 is 1.82 bits per heavy atom. The van der Waals surface area contributed by atoms with Crippen LogP contribution in [0.5, 0.6) is 0 Å². The fourth-order valence-electron chi connectivity index (χ4n) is 1.02. The molecule has 11 heavy (non-hydrogen) atoms. The predicted molar refractivity (Wildman–Crippen MR) is 47.8 cm³/mol. The Morgan fingerprint density at radius 3 is 3.18 bits per heavy atom. The summed E-state index contributed by atoms with van der Waals surface area (Å²) in [7, 11) is 0. The van der Waals surface area contributed by atoms with Gasteiger partial charge < -0.3 is 10.6 Å². The van der Waals surface area contributed by atoms with Gasteiger partial charge >= 0.3 is 0 Å². The fraction of sp³-hybridized carbons (Fsp3) is 0.857. The molecule has 0 aromatic heterocycles. The van der Waals surface area contributed by atoms with Crippen LogP contribution in [0, 0.1) is 0 Å². The second kappa shape index (κ2) is 4.62. The lowest BCUT2D eigenvalue weighted by Crippen LogP contribution is -2.43. The number of hydrogen-bond acceptors (Lipinski definition) is 3. The monoisotopic (exact) mass is 174 g/mol. The molecule has 0 aromatic rings. The number of nitrogens with one attached hydrogen (secondary N) is 2. The molecule has 3 nitrogen and oxygen atoms in total. The van der Waals surface area contributed by atoms with E-state index in [2.05, 4.69) is 10.6 Å². The molecule has 0 radical (unpaired) electrons. The quantitative estimate of drug-likeness (QED) is 0.610. The average Bonchev–Trinajstić information content (AvgIpc) is 2.07. The van der Waals surface area contributed by atoms with Crippen molar-refractivity contribution in [3.63, 3.8) is 0 Å². The van der Waals surface area contributed by atoms with Crippen LogP contribution in [0.25, 0.3) is 0 Å². The first-order valence-electron chi connectivity index (χ1n) is 3.94. The molecule has 1 unspecified atom stereocenters. The number of thioether (sulfide) groups is 1. The summed E-state index contributed by atoms with van der Waals surface area (Å²) in [5, 5.41) is 6.14. The summed E-state index contributed by atoms with van der Waals surface area (Å²) in [6.45, 7) is 4.52. The van der Waals surface area contributed by atoms with E-state index < -0.39 is 0 Å². The number of rotatable bonds is 2. The lowest BCUT2D eigenvalue weighted by Gasteiger charge is -2.20. The molecule has 64 valence electrons. The summed E-state index contributed by atoms with van der Waals surface area (Å²) >= 11 is 1.74. The Hall–Kier alpha value is -0.220. The lowest BCUT2D eigenvalue weighted by molar-refractivity contribution is -0.120. The molecule has 1 heterocycles. The van der Waals surface area contributed by atoms with Crippen molar-refractivity contribution in [3.8, 4) is 0 Å². The van der Waals surface area contributed by atoms with Crippen molar-refractivity contribution in [1.82, 2.24) is 10.6 Å². The Bertz CT molecular complexity index is 134. The van der Waals surface area contributed by atoms with Crippen molar-refractivity contribution < 1.29 is 4.79 Å². The van der Waals surface area contributed by atoms with E-state index in [1.165, 1.54) is 0 Å². The van der Waals surface area contributed by atoms with E-state index in [0.29, 0.717) is 0 Å². The Labute approximate surface area is 71.3 Å². The number of carbonyl (C=O) groups is 1. The van der Waals surface area contributed by atoms with Crippen molar-refractivity contribution >= 4 is 17.7 Å². The molecular weight excluding hydrogens is 160 g/mol. The van der Waals surface area contributed by atoms with Gasteiger partial charge in [0.1, 0.15) is 0 Å². The van der Waals surface area contributed by atoms with Crippen LogP contribution < -0.4 is 10.6 Å². The lowest BCUT2D eigenvalue weighted by atomic mass is 10.3. The van der Waals surface area contributed by atoms with Crippen LogP contribution in [0.4, 0.5) is 0 Å². The molecule has 0 spiro atoms. The molecule has 0 bridgehead atoms. The first-order chi connectivity index (χ1) is 5.34. The average molecular weight is 174 g/mol. The third-order valence-corrected chi connectivity index (χ3v) is 2.79. The normalized spacial score (nSPS) is 24.6. The molecule has 1 fully saturated rings. The second-order valence-electron chi connectivity index (χ2n) is 2.46. The summed E-state index contributed by atoms with van der Waals surface area (Å²) in [4.78, 5) is 11.2. The van der Waals surface area contributed by atoms with Crippen LogP contribution in [-0.2, 0) is 4.79 Å². The Kier molecular flexibility index (Phi) is 3.72. The molecule has 1 rings (SSSR count). The van der Waals surface area contributed by atoms with Gasteiger partial charge in [-0.05, 0) is 6.92 Å². The summed E-state index contributed by atoms with van der Waals surface area (Å²) < 4.78 is 0. The van der Waals surface area contributed by atoms with Crippen molar-refractivity contribution in [2.45, 2.75) is 12.2 Å². The highest BCUT2D eigenvalue weighted by molar-refractivity contribution is 8.00. The van der Waals surface area contributed by atoms with E-state index in [9.17, 15) is 4.79 Å². The Balaban J connectivity index is 2.27. The van der Waals surface area contributed by atoms with Crippen molar-refractivity contribution in [2.24, 2.45) is 0 Å². The van der Waals surface area contributed by atoms with Crippen molar-refractivity contribution in [3.05, 3.63) is 0 Å². The van der Waals surface area contributed by atoms with Crippen LogP contribution in [0.15, 0.2) is 0 Å². The van der Waals surface area contributed by atoms with Gasteiger partial charge in [-0.3, -0.25) is 4.79 Å². The third kappa shape index (κ3) is 2.71. The van der Waals surface area contributed by atoms with E-state index in [4.69, 9.17) is 0 Å². The number of carbonyl (C=O) groups excluding carboxylic acids is 1. The zero-order valence-corrected chi connectivity index (χ0v) is 7.54. The predicted octanol–water partition coefficient (Wildman–Crippen LogP) is -0.173. The molecule has 0 aliphatic carbocycles. The smallest absolute Gasteiger partial charge is 0.234 e. The van der Waals surface area contributed by atoms with E-state index in [-0.39, 0.29) is 11.2 Å². The van der Waals surface area contributed by atoms with Crippen LogP contribution in [-0.4, -0.2) is 36.5 Å². The van der Waals surface area contributed by atoms with Crippen LogP contribution in [0.2, 0.25) is 0 Å². The summed E-state index contributed by atoms with van der Waals surface area (Å²) in [5.41, 5.74) is 0. The minimum atomic E-state index is 0.128. The van der Waals surface area contributed by atoms with Crippen LogP contribution in [0.1, 0.15) is 6.92 Å². The van der Waals surface area contributed by atoms with Gasteiger partial charge in [0, 0.05) is 25.4 Å². The maximum atomic E-state index is 11.2. The first kappa shape index (κ1) is 8.87. The molecular formula is C7H14N2OS. The molecule has 4 heteroatoms. The highest BCUT2D eigenvalue weighted by Gasteiger charge is 2.20. The van der Waals surface area contributed by atoms with E-state index in [0.717, 1.165) is 25.4 Å².